The molecule has 3 N–H and O–H groups in total. The van der Waals surface area contributed by atoms with Gasteiger partial charge in [0.2, 0.25) is 5.91 Å². The van der Waals surface area contributed by atoms with Gasteiger partial charge in [0, 0.05) is 41.8 Å². The summed E-state index contributed by atoms with van der Waals surface area (Å²) in [6, 6.07) is 4.37. The first-order valence-electron chi connectivity index (χ1n) is 11.1. The molecule has 30 heavy (non-hydrogen) atoms. The van der Waals surface area contributed by atoms with E-state index in [4.69, 9.17) is 0 Å². The van der Waals surface area contributed by atoms with E-state index in [-0.39, 0.29) is 29.5 Å². The number of hydrogen-bond acceptors (Lipinski definition) is 5. The van der Waals surface area contributed by atoms with Crippen molar-refractivity contribution in [2.75, 3.05) is 0 Å². The Balaban J connectivity index is 1.55. The lowest BCUT2D eigenvalue weighted by molar-refractivity contribution is -0.127. The number of nitrogens with zero attached hydrogens (tertiary/aromatic N) is 2. The predicted octanol–water partition coefficient (Wildman–Crippen LogP) is 2.48. The normalized spacial score (nSPS) is 29.7. The molecule has 3 heterocycles. The van der Waals surface area contributed by atoms with Gasteiger partial charge < -0.3 is 9.88 Å². The van der Waals surface area contributed by atoms with Crippen LogP contribution in [-0.4, -0.2) is 27.7 Å². The van der Waals surface area contributed by atoms with Crippen molar-refractivity contribution in [1.82, 2.24) is 25.7 Å². The highest BCUT2D eigenvalue weighted by Crippen LogP contribution is 2.40. The molecule has 5 atom stereocenters. The maximum Gasteiger partial charge on any atom is 0.254 e. The lowest BCUT2D eigenvalue weighted by Crippen LogP contribution is -2.58. The fourth-order valence-electron chi connectivity index (χ4n) is 4.95. The molecule has 0 aromatic carbocycles. The van der Waals surface area contributed by atoms with E-state index in [1.807, 2.05) is 32.3 Å². The number of carbonyl (C=O) groups excluding carboxylic acids is 1. The first-order chi connectivity index (χ1) is 14.3. The highest BCUT2D eigenvalue weighted by Gasteiger charge is 2.35. The summed E-state index contributed by atoms with van der Waals surface area (Å²) in [5.41, 5.74) is 9.04. The molecule has 1 aliphatic carbocycles. The number of fused-ring (bicyclic) bond motifs is 1. The fraction of sp³-hybridized carbons (Fsp3) is 0.609. The first-order valence-corrected chi connectivity index (χ1v) is 11.1. The minimum Gasteiger partial charge on any atom is -0.339 e. The van der Waals surface area contributed by atoms with Gasteiger partial charge in [0.15, 0.2) is 0 Å². The molecule has 2 aromatic heterocycles. The van der Waals surface area contributed by atoms with Gasteiger partial charge in [-0.15, -0.1) is 0 Å². The highest BCUT2D eigenvalue weighted by molar-refractivity contribution is 5.80. The molecule has 1 saturated heterocycles. The monoisotopic (exact) mass is 411 g/mol. The molecule has 7 heteroatoms. The number of carbonyl (C=O) groups is 1. The minimum absolute atomic E-state index is 0.0330. The second-order valence-corrected chi connectivity index (χ2v) is 9.27. The zero-order chi connectivity index (χ0) is 21.4. The van der Waals surface area contributed by atoms with Crippen molar-refractivity contribution in [3.8, 4) is 0 Å². The molecular formula is C23H33N5O2. The number of rotatable bonds is 3. The van der Waals surface area contributed by atoms with Gasteiger partial charge in [-0.2, -0.15) is 0 Å². The molecule has 7 nitrogen and oxygen atoms in total. The Labute approximate surface area is 177 Å². The lowest BCUT2D eigenvalue weighted by Gasteiger charge is -2.35. The smallest absolute Gasteiger partial charge is 0.254 e. The van der Waals surface area contributed by atoms with Crippen molar-refractivity contribution in [2.45, 2.75) is 71.0 Å². The zero-order valence-electron chi connectivity index (χ0n) is 18.4. The molecule has 5 unspecified atom stereocenters. The van der Waals surface area contributed by atoms with Crippen LogP contribution < -0.4 is 21.7 Å². The van der Waals surface area contributed by atoms with Crippen LogP contribution in [0.2, 0.25) is 0 Å². The lowest BCUT2D eigenvalue weighted by atomic mass is 9.71. The molecule has 1 aliphatic heterocycles. The highest BCUT2D eigenvalue weighted by atomic mass is 16.2. The predicted molar refractivity (Wildman–Crippen MR) is 118 cm³/mol. The average Bonchev–Trinajstić information content (AvgIpc) is 2.73. The van der Waals surface area contributed by atoms with Gasteiger partial charge in [-0.3, -0.25) is 20.0 Å². The van der Waals surface area contributed by atoms with Crippen LogP contribution in [-0.2, 0) is 11.8 Å². The molecular weight excluding hydrogens is 378 g/mol. The van der Waals surface area contributed by atoms with Crippen LogP contribution in [0.4, 0.5) is 0 Å². The maximum atomic E-state index is 13.2. The molecule has 2 aliphatic rings. The van der Waals surface area contributed by atoms with Gasteiger partial charge in [0.25, 0.3) is 5.56 Å². The summed E-state index contributed by atoms with van der Waals surface area (Å²) in [6.45, 7) is 6.25. The third kappa shape index (κ3) is 4.14. The number of aromatic nitrogens is 2. The summed E-state index contributed by atoms with van der Waals surface area (Å²) in [4.78, 5) is 30.6. The summed E-state index contributed by atoms with van der Waals surface area (Å²) in [7, 11) is 1.83. The SMILES string of the molecule is Cc1cc2c(cn1)cc(C1CC(C(=O)NC3CCC(C)NN3)CCC1C)c(=O)n2C. The van der Waals surface area contributed by atoms with Crippen LogP contribution in [0, 0.1) is 18.8 Å². The summed E-state index contributed by atoms with van der Waals surface area (Å²) in [5.74, 6) is 0.476. The van der Waals surface area contributed by atoms with Crippen LogP contribution in [0.3, 0.4) is 0 Å². The van der Waals surface area contributed by atoms with E-state index in [1.165, 1.54) is 0 Å². The van der Waals surface area contributed by atoms with Crippen molar-refractivity contribution in [3.05, 3.63) is 39.9 Å². The third-order valence-corrected chi connectivity index (χ3v) is 6.95. The Morgan fingerprint density at radius 3 is 2.70 bits per heavy atom. The van der Waals surface area contributed by atoms with E-state index in [9.17, 15) is 9.59 Å². The Morgan fingerprint density at radius 2 is 1.97 bits per heavy atom. The van der Waals surface area contributed by atoms with Crippen molar-refractivity contribution < 1.29 is 4.79 Å². The van der Waals surface area contributed by atoms with Crippen LogP contribution >= 0.6 is 0 Å². The fourth-order valence-corrected chi connectivity index (χ4v) is 4.95. The van der Waals surface area contributed by atoms with Crippen LogP contribution in [0.25, 0.3) is 10.9 Å². The van der Waals surface area contributed by atoms with Gasteiger partial charge in [0.1, 0.15) is 0 Å². The van der Waals surface area contributed by atoms with Gasteiger partial charge in [-0.25, -0.2) is 5.43 Å². The first kappa shape index (κ1) is 21.0. The summed E-state index contributed by atoms with van der Waals surface area (Å²) < 4.78 is 1.73. The molecule has 162 valence electrons. The van der Waals surface area contributed by atoms with Crippen molar-refractivity contribution >= 4 is 16.8 Å². The van der Waals surface area contributed by atoms with E-state index >= 15 is 0 Å². The molecule has 0 spiro atoms. The quantitative estimate of drug-likeness (QED) is 0.722. The van der Waals surface area contributed by atoms with Crippen molar-refractivity contribution in [3.63, 3.8) is 0 Å². The summed E-state index contributed by atoms with van der Waals surface area (Å²) >= 11 is 0. The molecule has 1 saturated carbocycles. The number of pyridine rings is 2. The Bertz CT molecular complexity index is 993. The maximum absolute atomic E-state index is 13.2. The molecule has 1 amide bonds. The number of aryl methyl sites for hydroxylation is 2. The van der Waals surface area contributed by atoms with E-state index in [2.05, 4.69) is 35.0 Å². The van der Waals surface area contributed by atoms with Crippen molar-refractivity contribution in [1.29, 1.82) is 0 Å². The van der Waals surface area contributed by atoms with Crippen LogP contribution in [0.15, 0.2) is 23.1 Å². The number of amides is 1. The van der Waals surface area contributed by atoms with E-state index in [0.717, 1.165) is 47.8 Å². The Kier molecular flexibility index (Phi) is 5.93. The van der Waals surface area contributed by atoms with E-state index in [1.54, 1.807) is 4.57 Å². The number of hydrogen-bond donors (Lipinski definition) is 3. The van der Waals surface area contributed by atoms with E-state index in [0.29, 0.717) is 18.4 Å². The Hall–Kier alpha value is -2.25. The average molecular weight is 412 g/mol. The number of nitrogens with one attached hydrogen (secondary N) is 3. The largest absolute Gasteiger partial charge is 0.339 e. The molecule has 4 rings (SSSR count). The van der Waals surface area contributed by atoms with Gasteiger partial charge >= 0.3 is 0 Å². The standard InChI is InChI=1S/C23H33N5O2/c1-13-5-7-16(22(29)25-21-8-6-14(2)26-27-21)10-18(13)19-11-17-12-24-15(3)9-20(17)28(4)23(19)30/h9,11-14,16,18,21,26-27H,5-8,10H2,1-4H3,(H,25,29). The Morgan fingerprint density at radius 1 is 1.17 bits per heavy atom. The molecule has 0 radical (unpaired) electrons. The van der Waals surface area contributed by atoms with E-state index < -0.39 is 0 Å². The second-order valence-electron chi connectivity index (χ2n) is 9.27. The van der Waals surface area contributed by atoms with Gasteiger partial charge in [-0.1, -0.05) is 6.92 Å². The molecule has 0 bridgehead atoms. The van der Waals surface area contributed by atoms with Gasteiger partial charge in [0.05, 0.1) is 11.7 Å². The van der Waals surface area contributed by atoms with Crippen molar-refractivity contribution in [2.24, 2.45) is 18.9 Å². The van der Waals surface area contributed by atoms with Gasteiger partial charge in [-0.05, 0) is 69.9 Å². The second kappa shape index (κ2) is 8.47. The third-order valence-electron chi connectivity index (χ3n) is 6.95. The van der Waals surface area contributed by atoms with Crippen LogP contribution in [0.5, 0.6) is 0 Å². The zero-order valence-corrected chi connectivity index (χ0v) is 18.4. The summed E-state index contributed by atoms with van der Waals surface area (Å²) in [5, 5.41) is 4.13. The molecule has 2 fully saturated rings. The molecule has 2 aromatic rings. The number of hydrazine groups is 1. The van der Waals surface area contributed by atoms with Crippen LogP contribution in [0.1, 0.15) is 63.1 Å². The summed E-state index contributed by atoms with van der Waals surface area (Å²) in [6.07, 6.45) is 6.29. The minimum atomic E-state index is -0.0658. The topological polar surface area (TPSA) is 88.1 Å².